The van der Waals surface area contributed by atoms with Crippen LogP contribution in [-0.2, 0) is 4.79 Å². The maximum atomic E-state index is 12.4. The normalized spacial score (nSPS) is 12.6. The maximum Gasteiger partial charge on any atom is 0.328 e. The summed E-state index contributed by atoms with van der Waals surface area (Å²) in [7, 11) is 3.30. The molecule has 26 heavy (non-hydrogen) atoms. The summed E-state index contributed by atoms with van der Waals surface area (Å²) < 4.78 is 3.08. The Hall–Kier alpha value is -3.49. The second kappa shape index (κ2) is 5.80. The van der Waals surface area contributed by atoms with Gasteiger partial charge >= 0.3 is 5.69 Å². The number of rotatable bonds is 3. The van der Waals surface area contributed by atoms with E-state index in [4.69, 9.17) is 0 Å². The Labute approximate surface area is 147 Å². The second-order valence-electron chi connectivity index (χ2n) is 6.23. The van der Waals surface area contributed by atoms with Gasteiger partial charge in [0.25, 0.3) is 0 Å². The molecule has 9 nitrogen and oxygen atoms in total. The lowest BCUT2D eigenvalue weighted by Crippen LogP contribution is -2.34. The molecule has 0 radical (unpaired) electrons. The number of amides is 1. The Morgan fingerprint density at radius 1 is 1.27 bits per heavy atom. The van der Waals surface area contributed by atoms with Crippen LogP contribution in [0.4, 0.5) is 0 Å². The third-order valence-corrected chi connectivity index (χ3v) is 4.31. The molecule has 1 unspecified atom stereocenters. The van der Waals surface area contributed by atoms with Crippen molar-refractivity contribution in [3.63, 3.8) is 0 Å². The van der Waals surface area contributed by atoms with Crippen LogP contribution in [0.1, 0.15) is 13.0 Å². The van der Waals surface area contributed by atoms with E-state index in [1.807, 2.05) is 24.4 Å². The molecule has 4 rings (SSSR count). The molecule has 132 valence electrons. The molecule has 9 heteroatoms. The number of H-pyrrole nitrogens is 1. The number of likely N-dealkylation sites (N-methyl/N-ethyl adjacent to an activating group) is 1. The molecular formula is C17H17N7O2. The zero-order valence-corrected chi connectivity index (χ0v) is 14.5. The molecule has 4 aromatic rings. The highest BCUT2D eigenvalue weighted by atomic mass is 16.2. The fraction of sp³-hybridized carbons (Fsp3) is 0.235. The average Bonchev–Trinajstić information content (AvgIpc) is 3.20. The first-order valence-electron chi connectivity index (χ1n) is 8.08. The van der Waals surface area contributed by atoms with Crippen LogP contribution in [-0.4, -0.2) is 54.0 Å². The minimum Gasteiger partial charge on any atom is -0.347 e. The van der Waals surface area contributed by atoms with Gasteiger partial charge in [0.1, 0.15) is 11.6 Å². The van der Waals surface area contributed by atoms with Gasteiger partial charge in [0.15, 0.2) is 11.5 Å². The number of pyridine rings is 1. The minimum absolute atomic E-state index is 0.191. The molecule has 0 aromatic carbocycles. The van der Waals surface area contributed by atoms with Crippen LogP contribution < -0.4 is 5.69 Å². The Bertz CT molecular complexity index is 1180. The quantitative estimate of drug-likeness (QED) is 0.595. The van der Waals surface area contributed by atoms with Crippen LogP contribution in [0.5, 0.6) is 0 Å². The molecule has 0 aliphatic heterocycles. The lowest BCUT2D eigenvalue weighted by atomic mass is 10.2. The van der Waals surface area contributed by atoms with Gasteiger partial charge in [0.2, 0.25) is 5.91 Å². The predicted molar refractivity (Wildman–Crippen MR) is 95.7 cm³/mol. The van der Waals surface area contributed by atoms with Crippen molar-refractivity contribution in [3.8, 4) is 11.4 Å². The summed E-state index contributed by atoms with van der Waals surface area (Å²) in [6.45, 7) is 1.67. The van der Waals surface area contributed by atoms with Crippen molar-refractivity contribution in [1.82, 2.24) is 34.0 Å². The van der Waals surface area contributed by atoms with Gasteiger partial charge in [-0.2, -0.15) is 5.10 Å². The van der Waals surface area contributed by atoms with E-state index in [0.717, 1.165) is 11.1 Å². The van der Waals surface area contributed by atoms with Crippen LogP contribution >= 0.6 is 0 Å². The van der Waals surface area contributed by atoms with E-state index in [1.54, 1.807) is 37.9 Å². The van der Waals surface area contributed by atoms with Crippen molar-refractivity contribution in [2.75, 3.05) is 14.1 Å². The molecule has 0 spiro atoms. The molecule has 0 aliphatic rings. The monoisotopic (exact) mass is 351 g/mol. The lowest BCUT2D eigenvalue weighted by molar-refractivity contribution is -0.131. The smallest absolute Gasteiger partial charge is 0.328 e. The van der Waals surface area contributed by atoms with E-state index in [0.29, 0.717) is 17.0 Å². The Morgan fingerprint density at radius 3 is 2.85 bits per heavy atom. The highest BCUT2D eigenvalue weighted by Crippen LogP contribution is 2.23. The molecule has 0 saturated carbocycles. The SMILES string of the molecule is CC(C(=O)N(C)C)n1c(=O)[nH]c2cnc(-c3cnn4ccccc34)nc21. The van der Waals surface area contributed by atoms with Crippen LogP contribution in [0.15, 0.2) is 41.6 Å². The summed E-state index contributed by atoms with van der Waals surface area (Å²) in [4.78, 5) is 37.7. The molecule has 0 aliphatic carbocycles. The van der Waals surface area contributed by atoms with Gasteiger partial charge in [-0.3, -0.25) is 9.36 Å². The topological polar surface area (TPSA) is 101 Å². The van der Waals surface area contributed by atoms with Crippen molar-refractivity contribution in [2.24, 2.45) is 0 Å². The number of aromatic nitrogens is 6. The zero-order chi connectivity index (χ0) is 18.4. The molecule has 1 N–H and O–H groups in total. The highest BCUT2D eigenvalue weighted by Gasteiger charge is 2.23. The Balaban J connectivity index is 1.91. The number of carbonyl (C=O) groups excluding carboxylic acids is 1. The van der Waals surface area contributed by atoms with Crippen molar-refractivity contribution in [3.05, 3.63) is 47.3 Å². The number of imidazole rings is 1. The van der Waals surface area contributed by atoms with E-state index in [2.05, 4.69) is 20.1 Å². The molecule has 0 saturated heterocycles. The van der Waals surface area contributed by atoms with Crippen LogP contribution in [0.25, 0.3) is 28.1 Å². The van der Waals surface area contributed by atoms with Crippen LogP contribution in [0.2, 0.25) is 0 Å². The number of hydrogen-bond acceptors (Lipinski definition) is 5. The van der Waals surface area contributed by atoms with E-state index in [9.17, 15) is 9.59 Å². The fourth-order valence-corrected chi connectivity index (χ4v) is 3.00. The first kappa shape index (κ1) is 16.0. The van der Waals surface area contributed by atoms with Gasteiger partial charge in [-0.05, 0) is 19.1 Å². The van der Waals surface area contributed by atoms with E-state index in [1.165, 1.54) is 9.47 Å². The van der Waals surface area contributed by atoms with Crippen molar-refractivity contribution in [2.45, 2.75) is 13.0 Å². The second-order valence-corrected chi connectivity index (χ2v) is 6.23. The molecule has 0 bridgehead atoms. The summed E-state index contributed by atoms with van der Waals surface area (Å²) in [5.74, 6) is 0.250. The summed E-state index contributed by atoms with van der Waals surface area (Å²) in [5.41, 5.74) is 2.08. The third-order valence-electron chi connectivity index (χ3n) is 4.31. The largest absolute Gasteiger partial charge is 0.347 e. The van der Waals surface area contributed by atoms with Gasteiger partial charge in [0.05, 0.1) is 23.5 Å². The van der Waals surface area contributed by atoms with Crippen molar-refractivity contribution < 1.29 is 4.79 Å². The zero-order valence-electron chi connectivity index (χ0n) is 14.5. The highest BCUT2D eigenvalue weighted by molar-refractivity contribution is 5.83. The fourth-order valence-electron chi connectivity index (χ4n) is 3.00. The Kier molecular flexibility index (Phi) is 3.57. The summed E-state index contributed by atoms with van der Waals surface area (Å²) in [6, 6.07) is 5.02. The molecular weight excluding hydrogens is 334 g/mol. The van der Waals surface area contributed by atoms with Crippen molar-refractivity contribution >= 4 is 22.6 Å². The maximum absolute atomic E-state index is 12.4. The average molecular weight is 351 g/mol. The minimum atomic E-state index is -0.682. The standard InChI is InChI=1S/C17H17N7O2/c1-10(16(25)22(2)3)24-15-12(20-17(24)26)9-18-14(21-15)11-8-19-23-7-5-4-6-13(11)23/h4-10H,1-3H3,(H,20,26). The number of nitrogens with one attached hydrogen (secondary N) is 1. The molecule has 1 amide bonds. The van der Waals surface area contributed by atoms with Crippen LogP contribution in [0, 0.1) is 0 Å². The van der Waals surface area contributed by atoms with Gasteiger partial charge in [-0.15, -0.1) is 0 Å². The summed E-state index contributed by atoms with van der Waals surface area (Å²) in [6.07, 6.45) is 5.07. The molecule has 0 fully saturated rings. The molecule has 4 heterocycles. The predicted octanol–water partition coefficient (Wildman–Crippen LogP) is 1.08. The number of hydrogen-bond donors (Lipinski definition) is 1. The number of carbonyl (C=O) groups is 1. The van der Waals surface area contributed by atoms with Crippen LogP contribution in [0.3, 0.4) is 0 Å². The molecule has 1 atom stereocenters. The van der Waals surface area contributed by atoms with E-state index >= 15 is 0 Å². The number of nitrogens with zero attached hydrogens (tertiary/aromatic N) is 6. The molecule has 4 aromatic heterocycles. The summed E-state index contributed by atoms with van der Waals surface area (Å²) >= 11 is 0. The van der Waals surface area contributed by atoms with Crippen molar-refractivity contribution in [1.29, 1.82) is 0 Å². The van der Waals surface area contributed by atoms with E-state index in [-0.39, 0.29) is 5.91 Å². The Morgan fingerprint density at radius 2 is 2.08 bits per heavy atom. The van der Waals surface area contributed by atoms with Gasteiger partial charge < -0.3 is 9.88 Å². The number of aromatic amines is 1. The van der Waals surface area contributed by atoms with E-state index < -0.39 is 11.7 Å². The lowest BCUT2D eigenvalue weighted by Gasteiger charge is -2.17. The number of fused-ring (bicyclic) bond motifs is 2. The summed E-state index contributed by atoms with van der Waals surface area (Å²) in [5, 5.41) is 4.29. The first-order valence-corrected chi connectivity index (χ1v) is 8.08. The van der Waals surface area contributed by atoms with Gasteiger partial charge in [-0.25, -0.2) is 19.3 Å². The third kappa shape index (κ3) is 2.36. The first-order chi connectivity index (χ1) is 12.5. The van der Waals surface area contributed by atoms with Gasteiger partial charge in [-0.1, -0.05) is 6.07 Å². The van der Waals surface area contributed by atoms with Gasteiger partial charge in [0, 0.05) is 20.3 Å².